The van der Waals surface area contributed by atoms with Crippen molar-refractivity contribution in [2.45, 2.75) is 0 Å². The fraction of sp³-hybridized carbons (Fsp3) is 0.100. The zero-order chi connectivity index (χ0) is 9.10. The van der Waals surface area contributed by atoms with E-state index in [2.05, 4.69) is 4.37 Å². The molecule has 0 fully saturated rings. The quantitative estimate of drug-likeness (QED) is 0.728. The number of hydrogen-bond donors (Lipinski definition) is 0. The summed E-state index contributed by atoms with van der Waals surface area (Å²) in [5.74, 6) is 0.881. The summed E-state index contributed by atoms with van der Waals surface area (Å²) in [4.78, 5) is 0. The highest BCUT2D eigenvalue weighted by Crippen LogP contribution is 2.22. The number of hydrogen-bond acceptors (Lipinski definition) is 3. The van der Waals surface area contributed by atoms with Crippen LogP contribution in [-0.4, -0.2) is 11.5 Å². The highest BCUT2D eigenvalue weighted by Gasteiger charge is 1.98. The molecule has 0 radical (unpaired) electrons. The molecule has 2 aromatic rings. The molecule has 13 heavy (non-hydrogen) atoms. The van der Waals surface area contributed by atoms with Crippen molar-refractivity contribution in [3.63, 3.8) is 0 Å². The van der Waals surface area contributed by atoms with Crippen LogP contribution in [-0.2, 0) is 0 Å². The van der Waals surface area contributed by atoms with Crippen molar-refractivity contribution >= 4 is 11.5 Å². The van der Waals surface area contributed by atoms with Gasteiger partial charge in [0.25, 0.3) is 0 Å². The van der Waals surface area contributed by atoms with E-state index in [1.54, 1.807) is 7.11 Å². The van der Waals surface area contributed by atoms with E-state index in [1.807, 2.05) is 35.8 Å². The zero-order valence-corrected chi connectivity index (χ0v) is 8.04. The van der Waals surface area contributed by atoms with Crippen LogP contribution in [0, 0.1) is 0 Å². The molecule has 0 aliphatic heterocycles. The van der Waals surface area contributed by atoms with E-state index >= 15 is 0 Å². The van der Waals surface area contributed by atoms with Gasteiger partial charge in [0.2, 0.25) is 0 Å². The van der Waals surface area contributed by atoms with E-state index in [-0.39, 0.29) is 0 Å². The Morgan fingerprint density at radius 2 is 1.92 bits per heavy atom. The lowest BCUT2D eigenvalue weighted by molar-refractivity contribution is 0.415. The predicted molar refractivity (Wildman–Crippen MR) is 54.1 cm³/mol. The number of aromatic nitrogens is 1. The van der Waals surface area contributed by atoms with Crippen LogP contribution in [0.2, 0.25) is 0 Å². The Bertz CT molecular complexity index is 366. The van der Waals surface area contributed by atoms with Crippen LogP contribution in [0.5, 0.6) is 5.75 Å². The molecule has 0 atom stereocenters. The van der Waals surface area contributed by atoms with E-state index in [0.29, 0.717) is 0 Å². The van der Waals surface area contributed by atoms with Gasteiger partial charge in [0.15, 0.2) is 0 Å². The van der Waals surface area contributed by atoms with Gasteiger partial charge in [0.05, 0.1) is 7.11 Å². The Morgan fingerprint density at radius 1 is 1.15 bits per heavy atom. The van der Waals surface area contributed by atoms with Crippen molar-refractivity contribution < 1.29 is 4.74 Å². The zero-order valence-electron chi connectivity index (χ0n) is 7.23. The SMILES string of the molecule is COc1ccc(-c2cnsc2)cc1. The number of nitrogens with zero attached hydrogens (tertiary/aromatic N) is 1. The molecule has 0 aliphatic carbocycles. The second-order valence-corrected chi connectivity index (χ2v) is 3.30. The van der Waals surface area contributed by atoms with E-state index in [4.69, 9.17) is 4.74 Å². The minimum Gasteiger partial charge on any atom is -0.497 e. The lowest BCUT2D eigenvalue weighted by atomic mass is 10.1. The summed E-state index contributed by atoms with van der Waals surface area (Å²) in [5.41, 5.74) is 2.34. The molecule has 0 saturated carbocycles. The van der Waals surface area contributed by atoms with Crippen molar-refractivity contribution in [1.29, 1.82) is 0 Å². The smallest absolute Gasteiger partial charge is 0.118 e. The minimum absolute atomic E-state index is 0.881. The van der Waals surface area contributed by atoms with E-state index in [9.17, 15) is 0 Å². The molecule has 1 aromatic heterocycles. The summed E-state index contributed by atoms with van der Waals surface area (Å²) in [6, 6.07) is 7.96. The molecule has 0 unspecified atom stereocenters. The van der Waals surface area contributed by atoms with E-state index < -0.39 is 0 Å². The van der Waals surface area contributed by atoms with Crippen LogP contribution in [0.1, 0.15) is 0 Å². The fourth-order valence-corrected chi connectivity index (χ4v) is 1.68. The van der Waals surface area contributed by atoms with Gasteiger partial charge in [0, 0.05) is 17.1 Å². The van der Waals surface area contributed by atoms with Gasteiger partial charge in [-0.25, -0.2) is 4.37 Å². The lowest BCUT2D eigenvalue weighted by Crippen LogP contribution is -1.81. The number of methoxy groups -OCH3 is 1. The average molecular weight is 191 g/mol. The Balaban J connectivity index is 2.33. The maximum atomic E-state index is 5.07. The third-order valence-corrected chi connectivity index (χ3v) is 2.44. The van der Waals surface area contributed by atoms with Crippen LogP contribution in [0.4, 0.5) is 0 Å². The molecule has 1 aromatic carbocycles. The normalized spacial score (nSPS) is 9.92. The first-order valence-corrected chi connectivity index (χ1v) is 4.77. The topological polar surface area (TPSA) is 22.1 Å². The van der Waals surface area contributed by atoms with Crippen molar-refractivity contribution in [2.24, 2.45) is 0 Å². The van der Waals surface area contributed by atoms with E-state index in [0.717, 1.165) is 11.3 Å². The molecule has 0 bridgehead atoms. The van der Waals surface area contributed by atoms with Crippen LogP contribution in [0.3, 0.4) is 0 Å². The molecule has 0 amide bonds. The standard InChI is InChI=1S/C10H9NOS/c1-12-10-4-2-8(3-5-10)9-6-11-13-7-9/h2-7H,1H3. The van der Waals surface area contributed by atoms with Crippen LogP contribution in [0.25, 0.3) is 11.1 Å². The lowest BCUT2D eigenvalue weighted by Gasteiger charge is -2.00. The van der Waals surface area contributed by atoms with Gasteiger partial charge in [-0.3, -0.25) is 0 Å². The number of rotatable bonds is 2. The van der Waals surface area contributed by atoms with Gasteiger partial charge in [-0.1, -0.05) is 12.1 Å². The van der Waals surface area contributed by atoms with Gasteiger partial charge in [-0.15, -0.1) is 0 Å². The van der Waals surface area contributed by atoms with Crippen molar-refractivity contribution in [2.75, 3.05) is 7.11 Å². The largest absolute Gasteiger partial charge is 0.497 e. The Morgan fingerprint density at radius 3 is 2.46 bits per heavy atom. The molecular formula is C10H9NOS. The number of ether oxygens (including phenoxy) is 1. The summed E-state index contributed by atoms with van der Waals surface area (Å²) in [6.45, 7) is 0. The maximum absolute atomic E-state index is 5.07. The molecule has 2 nitrogen and oxygen atoms in total. The molecule has 0 saturated heterocycles. The van der Waals surface area contributed by atoms with Crippen LogP contribution < -0.4 is 4.74 Å². The van der Waals surface area contributed by atoms with Crippen LogP contribution >= 0.6 is 11.5 Å². The summed E-state index contributed by atoms with van der Waals surface area (Å²) >= 11 is 1.46. The summed E-state index contributed by atoms with van der Waals surface area (Å²) in [7, 11) is 1.67. The molecule has 2 rings (SSSR count). The monoisotopic (exact) mass is 191 g/mol. The molecule has 3 heteroatoms. The third kappa shape index (κ3) is 1.70. The summed E-state index contributed by atoms with van der Waals surface area (Å²) in [5, 5.41) is 2.03. The second kappa shape index (κ2) is 3.58. The van der Waals surface area contributed by atoms with Gasteiger partial charge in [-0.05, 0) is 29.2 Å². The minimum atomic E-state index is 0.881. The van der Waals surface area contributed by atoms with E-state index in [1.165, 1.54) is 17.1 Å². The predicted octanol–water partition coefficient (Wildman–Crippen LogP) is 2.82. The molecular weight excluding hydrogens is 182 g/mol. The van der Waals surface area contributed by atoms with Gasteiger partial charge in [0.1, 0.15) is 5.75 Å². The number of benzene rings is 1. The first-order chi connectivity index (χ1) is 6.40. The molecule has 0 aliphatic rings. The fourth-order valence-electron chi connectivity index (χ4n) is 1.13. The first-order valence-electron chi connectivity index (χ1n) is 3.94. The average Bonchev–Trinajstić information content (AvgIpc) is 2.71. The second-order valence-electron chi connectivity index (χ2n) is 2.64. The summed E-state index contributed by atoms with van der Waals surface area (Å²) < 4.78 is 9.13. The van der Waals surface area contributed by atoms with Crippen molar-refractivity contribution in [3.8, 4) is 16.9 Å². The molecule has 66 valence electrons. The van der Waals surface area contributed by atoms with Crippen molar-refractivity contribution in [1.82, 2.24) is 4.37 Å². The Labute approximate surface area is 81.0 Å². The first kappa shape index (κ1) is 8.26. The molecule has 0 spiro atoms. The summed E-state index contributed by atoms with van der Waals surface area (Å²) in [6.07, 6.45) is 1.87. The highest BCUT2D eigenvalue weighted by atomic mass is 32.1. The molecule has 1 heterocycles. The van der Waals surface area contributed by atoms with Gasteiger partial charge < -0.3 is 4.74 Å². The van der Waals surface area contributed by atoms with Crippen molar-refractivity contribution in [3.05, 3.63) is 35.8 Å². The van der Waals surface area contributed by atoms with Crippen LogP contribution in [0.15, 0.2) is 35.8 Å². The highest BCUT2D eigenvalue weighted by molar-refractivity contribution is 7.03. The Kier molecular flexibility index (Phi) is 2.27. The van der Waals surface area contributed by atoms with Gasteiger partial charge >= 0.3 is 0 Å². The van der Waals surface area contributed by atoms with Gasteiger partial charge in [-0.2, -0.15) is 0 Å². The maximum Gasteiger partial charge on any atom is 0.118 e. The molecule has 0 N–H and O–H groups in total. The Hall–Kier alpha value is -1.35. The third-order valence-electron chi connectivity index (χ3n) is 1.86.